The van der Waals surface area contributed by atoms with Crippen molar-refractivity contribution < 1.29 is 18.7 Å². The van der Waals surface area contributed by atoms with E-state index in [1.807, 2.05) is 0 Å². The Morgan fingerprint density at radius 1 is 0.875 bits per heavy atom. The molecule has 4 nitrogen and oxygen atoms in total. The second kappa shape index (κ2) is 12.9. The number of carbonyl (C=O) groups is 1. The highest BCUT2D eigenvalue weighted by molar-refractivity contribution is 6.74. The zero-order chi connectivity index (χ0) is 18.5. The van der Waals surface area contributed by atoms with Gasteiger partial charge in [0, 0.05) is 6.42 Å². The van der Waals surface area contributed by atoms with Gasteiger partial charge in [0.2, 0.25) is 0 Å². The van der Waals surface area contributed by atoms with Crippen LogP contribution in [-0.2, 0) is 18.7 Å². The Bertz CT molecular complexity index is 324. The number of unbranched alkanes of at least 4 members (excludes halogenated alkanes) is 5. The van der Waals surface area contributed by atoms with Crippen LogP contribution in [0.1, 0.15) is 72.6 Å². The van der Waals surface area contributed by atoms with Gasteiger partial charge < -0.3 is 13.9 Å². The molecule has 0 atom stereocenters. The third-order valence-corrected chi connectivity index (χ3v) is 9.26. The van der Waals surface area contributed by atoms with Crippen molar-refractivity contribution in [2.75, 3.05) is 26.4 Å². The molecule has 0 aliphatic carbocycles. The molecule has 0 rings (SSSR count). The van der Waals surface area contributed by atoms with Crippen molar-refractivity contribution in [3.63, 3.8) is 0 Å². The van der Waals surface area contributed by atoms with Crippen molar-refractivity contribution >= 4 is 14.3 Å². The van der Waals surface area contributed by atoms with E-state index in [-0.39, 0.29) is 11.0 Å². The summed E-state index contributed by atoms with van der Waals surface area (Å²) in [5.74, 6) is -0.105. The maximum atomic E-state index is 11.6. The predicted octanol–water partition coefficient (Wildman–Crippen LogP) is 5.32. The topological polar surface area (TPSA) is 44.8 Å². The number of esters is 1. The fraction of sp³-hybridized carbons (Fsp3) is 0.947. The van der Waals surface area contributed by atoms with E-state index in [0.29, 0.717) is 32.8 Å². The van der Waals surface area contributed by atoms with Crippen LogP contribution in [-0.4, -0.2) is 40.7 Å². The van der Waals surface area contributed by atoms with E-state index in [1.165, 1.54) is 25.7 Å². The number of hydrogen-bond acceptors (Lipinski definition) is 4. The number of ether oxygens (including phenoxy) is 2. The molecule has 0 aliphatic rings. The summed E-state index contributed by atoms with van der Waals surface area (Å²) in [5, 5.41) is 0.221. The normalized spacial score (nSPS) is 12.4. The highest BCUT2D eigenvalue weighted by Gasteiger charge is 2.36. The Labute approximate surface area is 150 Å². The van der Waals surface area contributed by atoms with Crippen LogP contribution in [0.15, 0.2) is 0 Å². The summed E-state index contributed by atoms with van der Waals surface area (Å²) >= 11 is 0. The van der Waals surface area contributed by atoms with Crippen LogP contribution < -0.4 is 0 Å². The molecular weight excluding hydrogens is 320 g/mol. The summed E-state index contributed by atoms with van der Waals surface area (Å²) in [4.78, 5) is 11.6. The first-order valence-corrected chi connectivity index (χ1v) is 12.5. The summed E-state index contributed by atoms with van der Waals surface area (Å²) in [6.07, 6.45) is 7.62. The molecule has 0 aromatic rings. The van der Waals surface area contributed by atoms with Gasteiger partial charge in [0.25, 0.3) is 0 Å². The summed E-state index contributed by atoms with van der Waals surface area (Å²) < 4.78 is 16.7. The molecule has 0 saturated heterocycles. The molecule has 144 valence electrons. The summed E-state index contributed by atoms with van der Waals surface area (Å²) in [6, 6.07) is 0. The van der Waals surface area contributed by atoms with Crippen LogP contribution in [0.25, 0.3) is 0 Å². The zero-order valence-electron chi connectivity index (χ0n) is 16.9. The maximum Gasteiger partial charge on any atom is 0.305 e. The van der Waals surface area contributed by atoms with E-state index in [1.54, 1.807) is 0 Å². The summed E-state index contributed by atoms with van der Waals surface area (Å²) in [6.45, 7) is 15.3. The standard InChI is InChI=1S/C19H40O4Si/c1-7-8-9-10-11-12-13-18(20)22-16-14-21-15-17-23-24(5,6)19(2,3)4/h7-17H2,1-6H3. The molecule has 5 heteroatoms. The van der Waals surface area contributed by atoms with Crippen molar-refractivity contribution in [3.05, 3.63) is 0 Å². The van der Waals surface area contributed by atoms with Gasteiger partial charge in [-0.05, 0) is 24.6 Å². The van der Waals surface area contributed by atoms with E-state index in [4.69, 9.17) is 13.9 Å². The van der Waals surface area contributed by atoms with E-state index in [2.05, 4.69) is 40.8 Å². The SMILES string of the molecule is CCCCCCCCC(=O)OCCOCCO[Si](C)(C)C(C)(C)C. The first kappa shape index (κ1) is 23.6. The van der Waals surface area contributed by atoms with E-state index in [0.717, 1.165) is 12.8 Å². The van der Waals surface area contributed by atoms with Gasteiger partial charge in [-0.15, -0.1) is 0 Å². The molecule has 0 fully saturated rings. The lowest BCUT2D eigenvalue weighted by atomic mass is 10.1. The van der Waals surface area contributed by atoms with Gasteiger partial charge in [-0.3, -0.25) is 4.79 Å². The molecule has 0 amide bonds. The lowest BCUT2D eigenvalue weighted by Crippen LogP contribution is -2.41. The third kappa shape index (κ3) is 12.0. The Morgan fingerprint density at radius 2 is 1.46 bits per heavy atom. The van der Waals surface area contributed by atoms with E-state index >= 15 is 0 Å². The lowest BCUT2D eigenvalue weighted by Gasteiger charge is -2.36. The monoisotopic (exact) mass is 360 g/mol. The Morgan fingerprint density at radius 3 is 2.08 bits per heavy atom. The third-order valence-electron chi connectivity index (χ3n) is 4.72. The molecule has 0 spiro atoms. The lowest BCUT2D eigenvalue weighted by molar-refractivity contribution is -0.145. The van der Waals surface area contributed by atoms with Gasteiger partial charge in [-0.25, -0.2) is 0 Å². The Hall–Kier alpha value is -0.393. The predicted molar refractivity (Wildman–Crippen MR) is 103 cm³/mol. The molecule has 0 aliphatic heterocycles. The number of hydrogen-bond donors (Lipinski definition) is 0. The average Bonchev–Trinajstić information content (AvgIpc) is 2.48. The molecule has 0 saturated carbocycles. The van der Waals surface area contributed by atoms with Gasteiger partial charge in [0.1, 0.15) is 6.61 Å². The minimum atomic E-state index is -1.68. The van der Waals surface area contributed by atoms with E-state index in [9.17, 15) is 4.79 Å². The van der Waals surface area contributed by atoms with Crippen LogP contribution >= 0.6 is 0 Å². The van der Waals surface area contributed by atoms with Gasteiger partial charge >= 0.3 is 5.97 Å². The molecule has 0 aromatic heterocycles. The summed E-state index contributed by atoms with van der Waals surface area (Å²) in [7, 11) is -1.68. The Kier molecular flexibility index (Phi) is 12.7. The van der Waals surface area contributed by atoms with Crippen LogP contribution in [0.3, 0.4) is 0 Å². The van der Waals surface area contributed by atoms with Crippen LogP contribution in [0, 0.1) is 0 Å². The highest BCUT2D eigenvalue weighted by atomic mass is 28.4. The number of rotatable bonds is 14. The second-order valence-corrected chi connectivity index (χ2v) is 12.8. The first-order valence-electron chi connectivity index (χ1n) is 9.58. The molecule has 0 N–H and O–H groups in total. The zero-order valence-corrected chi connectivity index (χ0v) is 17.9. The minimum absolute atomic E-state index is 0.105. The summed E-state index contributed by atoms with van der Waals surface area (Å²) in [5.41, 5.74) is 0. The van der Waals surface area contributed by atoms with Crippen molar-refractivity contribution in [2.24, 2.45) is 0 Å². The van der Waals surface area contributed by atoms with Gasteiger partial charge in [0.15, 0.2) is 8.32 Å². The van der Waals surface area contributed by atoms with Crippen LogP contribution in [0.4, 0.5) is 0 Å². The molecule has 0 heterocycles. The smallest absolute Gasteiger partial charge is 0.305 e. The number of carbonyl (C=O) groups excluding carboxylic acids is 1. The van der Waals surface area contributed by atoms with Crippen molar-refractivity contribution in [1.82, 2.24) is 0 Å². The largest absolute Gasteiger partial charge is 0.463 e. The molecule has 24 heavy (non-hydrogen) atoms. The van der Waals surface area contributed by atoms with Gasteiger partial charge in [-0.1, -0.05) is 59.8 Å². The minimum Gasteiger partial charge on any atom is -0.463 e. The van der Waals surface area contributed by atoms with Crippen LogP contribution in [0.2, 0.25) is 18.1 Å². The second-order valence-electron chi connectivity index (χ2n) is 7.96. The highest BCUT2D eigenvalue weighted by Crippen LogP contribution is 2.36. The molecule has 0 aromatic carbocycles. The average molecular weight is 361 g/mol. The molecule has 0 radical (unpaired) electrons. The molecular formula is C19H40O4Si. The van der Waals surface area contributed by atoms with Crippen molar-refractivity contribution in [1.29, 1.82) is 0 Å². The quantitative estimate of drug-likeness (QED) is 0.239. The fourth-order valence-corrected chi connectivity index (χ4v) is 3.04. The van der Waals surface area contributed by atoms with E-state index < -0.39 is 8.32 Å². The van der Waals surface area contributed by atoms with Crippen LogP contribution in [0.5, 0.6) is 0 Å². The van der Waals surface area contributed by atoms with Crippen molar-refractivity contribution in [3.8, 4) is 0 Å². The van der Waals surface area contributed by atoms with Gasteiger partial charge in [0.05, 0.1) is 19.8 Å². The maximum absolute atomic E-state index is 11.6. The molecule has 0 bridgehead atoms. The molecule has 0 unspecified atom stereocenters. The van der Waals surface area contributed by atoms with Crippen molar-refractivity contribution in [2.45, 2.75) is 90.8 Å². The van der Waals surface area contributed by atoms with Gasteiger partial charge in [-0.2, -0.15) is 0 Å². The first-order chi connectivity index (χ1) is 11.2. The Balaban J connectivity index is 3.45. The fourth-order valence-electron chi connectivity index (χ4n) is 2.01.